The number of hydrogen-bond acceptors (Lipinski definition) is 4. The molecule has 1 aliphatic rings. The minimum absolute atomic E-state index is 0.102. The fraction of sp³-hybridized carbons (Fsp3) is 0.462. The van der Waals surface area contributed by atoms with Crippen LogP contribution in [0.5, 0.6) is 0 Å². The van der Waals surface area contributed by atoms with Crippen molar-refractivity contribution in [3.8, 4) is 0 Å². The van der Waals surface area contributed by atoms with E-state index in [0.29, 0.717) is 6.42 Å². The zero-order valence-electron chi connectivity index (χ0n) is 20.8. The van der Waals surface area contributed by atoms with Gasteiger partial charge in [0.05, 0.1) is 22.0 Å². The third-order valence-electron chi connectivity index (χ3n) is 6.56. The second-order valence-corrected chi connectivity index (χ2v) is 12.0. The van der Waals surface area contributed by atoms with Gasteiger partial charge in [0, 0.05) is 12.6 Å². The van der Waals surface area contributed by atoms with E-state index in [4.69, 9.17) is 23.2 Å². The number of carbonyl (C=O) groups is 2. The number of carbonyl (C=O) groups excluding carboxylic acids is 2. The quantitative estimate of drug-likeness (QED) is 0.451. The lowest BCUT2D eigenvalue weighted by Gasteiger charge is -2.33. The van der Waals surface area contributed by atoms with E-state index in [0.717, 1.165) is 47.4 Å². The van der Waals surface area contributed by atoms with Crippen LogP contribution in [-0.4, -0.2) is 50.0 Å². The van der Waals surface area contributed by atoms with Crippen LogP contribution in [0.2, 0.25) is 10.0 Å². The molecule has 1 atom stereocenters. The third-order valence-corrected chi connectivity index (χ3v) is 8.44. The molecule has 0 radical (unpaired) electrons. The highest BCUT2D eigenvalue weighted by Gasteiger charge is 2.33. The van der Waals surface area contributed by atoms with Gasteiger partial charge >= 0.3 is 0 Å². The Balaban J connectivity index is 1.94. The maximum atomic E-state index is 13.8. The number of aryl methyl sites for hydroxylation is 1. The van der Waals surface area contributed by atoms with E-state index in [1.165, 1.54) is 23.1 Å². The second-order valence-electron chi connectivity index (χ2n) is 9.23. The molecule has 1 saturated carbocycles. The predicted molar refractivity (Wildman–Crippen MR) is 145 cm³/mol. The number of anilines is 1. The van der Waals surface area contributed by atoms with Gasteiger partial charge in [-0.15, -0.1) is 0 Å². The Morgan fingerprint density at radius 2 is 1.75 bits per heavy atom. The lowest BCUT2D eigenvalue weighted by atomic mass is 10.1. The molecule has 3 rings (SSSR count). The molecule has 1 fully saturated rings. The van der Waals surface area contributed by atoms with E-state index in [9.17, 15) is 18.0 Å². The first-order valence-electron chi connectivity index (χ1n) is 12.1. The molecule has 2 aromatic carbocycles. The average Bonchev–Trinajstić information content (AvgIpc) is 3.32. The molecule has 1 aliphatic carbocycles. The van der Waals surface area contributed by atoms with Crippen LogP contribution in [0.25, 0.3) is 0 Å². The first-order chi connectivity index (χ1) is 17.0. The van der Waals surface area contributed by atoms with Gasteiger partial charge in [0.15, 0.2) is 0 Å². The largest absolute Gasteiger partial charge is 0.352 e. The molecule has 0 unspecified atom stereocenters. The SMILES string of the molecule is CC[C@@H](C(=O)NC1CCCC1)N(Cc1ccccc1C)C(=O)CN(c1ccc(Cl)c(Cl)c1)S(C)(=O)=O. The Morgan fingerprint density at radius 3 is 2.33 bits per heavy atom. The van der Waals surface area contributed by atoms with Gasteiger partial charge < -0.3 is 10.2 Å². The number of amides is 2. The van der Waals surface area contributed by atoms with Crippen LogP contribution >= 0.6 is 23.2 Å². The summed E-state index contributed by atoms with van der Waals surface area (Å²) < 4.78 is 26.4. The number of halogens is 2. The Labute approximate surface area is 223 Å². The Hall–Kier alpha value is -2.29. The summed E-state index contributed by atoms with van der Waals surface area (Å²) >= 11 is 12.1. The first kappa shape index (κ1) is 28.3. The highest BCUT2D eigenvalue weighted by Crippen LogP contribution is 2.29. The lowest BCUT2D eigenvalue weighted by Crippen LogP contribution is -2.53. The molecule has 7 nitrogen and oxygen atoms in total. The van der Waals surface area contributed by atoms with Crippen LogP contribution in [0.1, 0.15) is 50.2 Å². The van der Waals surface area contributed by atoms with Crippen molar-refractivity contribution in [2.24, 2.45) is 0 Å². The number of rotatable bonds is 10. The molecule has 0 aromatic heterocycles. The van der Waals surface area contributed by atoms with E-state index in [2.05, 4.69) is 5.32 Å². The minimum atomic E-state index is -3.84. The van der Waals surface area contributed by atoms with Gasteiger partial charge in [0.1, 0.15) is 12.6 Å². The number of hydrogen-bond donors (Lipinski definition) is 1. The maximum Gasteiger partial charge on any atom is 0.244 e. The van der Waals surface area contributed by atoms with Gasteiger partial charge in [0.2, 0.25) is 21.8 Å². The van der Waals surface area contributed by atoms with Crippen LogP contribution in [0.4, 0.5) is 5.69 Å². The topological polar surface area (TPSA) is 86.8 Å². The number of nitrogens with zero attached hydrogens (tertiary/aromatic N) is 2. The van der Waals surface area contributed by atoms with Gasteiger partial charge in [-0.05, 0) is 55.5 Å². The summed E-state index contributed by atoms with van der Waals surface area (Å²) in [5.74, 6) is -0.699. The summed E-state index contributed by atoms with van der Waals surface area (Å²) in [5, 5.41) is 3.55. The summed E-state index contributed by atoms with van der Waals surface area (Å²) in [4.78, 5) is 28.6. The van der Waals surface area contributed by atoms with E-state index in [-0.39, 0.29) is 34.2 Å². The Morgan fingerprint density at radius 1 is 1.08 bits per heavy atom. The van der Waals surface area contributed by atoms with Crippen molar-refractivity contribution in [3.63, 3.8) is 0 Å². The standard InChI is InChI=1S/C26H33Cl2N3O4S/c1-4-24(26(33)29-20-11-7-8-12-20)30(16-19-10-6-5-9-18(19)2)25(32)17-31(36(3,34)35)21-13-14-22(27)23(28)15-21/h5-6,9-10,13-15,20,24H,4,7-8,11-12,16-17H2,1-3H3,(H,29,33)/t24-/m0/s1. The Kier molecular flexibility index (Phi) is 9.66. The molecule has 2 aromatic rings. The zero-order valence-corrected chi connectivity index (χ0v) is 23.2. The maximum absolute atomic E-state index is 13.8. The molecule has 1 N–H and O–H groups in total. The molecule has 0 bridgehead atoms. The smallest absolute Gasteiger partial charge is 0.244 e. The van der Waals surface area contributed by atoms with Crippen molar-refractivity contribution in [2.45, 2.75) is 64.6 Å². The molecule has 0 saturated heterocycles. The number of benzene rings is 2. The van der Waals surface area contributed by atoms with Crippen LogP contribution in [0.3, 0.4) is 0 Å². The van der Waals surface area contributed by atoms with Crippen LogP contribution in [0.15, 0.2) is 42.5 Å². The zero-order chi connectivity index (χ0) is 26.5. The summed E-state index contributed by atoms with van der Waals surface area (Å²) in [5.41, 5.74) is 2.09. The van der Waals surface area contributed by atoms with E-state index in [1.807, 2.05) is 38.1 Å². The van der Waals surface area contributed by atoms with E-state index < -0.39 is 28.5 Å². The first-order valence-corrected chi connectivity index (χ1v) is 14.7. The molecular formula is C26H33Cl2N3O4S. The molecular weight excluding hydrogens is 521 g/mol. The highest BCUT2D eigenvalue weighted by atomic mass is 35.5. The van der Waals surface area contributed by atoms with Gasteiger partial charge in [-0.1, -0.05) is 67.2 Å². The van der Waals surface area contributed by atoms with Crippen molar-refractivity contribution in [3.05, 3.63) is 63.6 Å². The molecule has 0 spiro atoms. The minimum Gasteiger partial charge on any atom is -0.352 e. The van der Waals surface area contributed by atoms with E-state index in [1.54, 1.807) is 0 Å². The van der Waals surface area contributed by atoms with Gasteiger partial charge in [-0.3, -0.25) is 13.9 Å². The second kappa shape index (κ2) is 12.3. The molecule has 196 valence electrons. The summed E-state index contributed by atoms with van der Waals surface area (Å²) in [6.45, 7) is 3.50. The van der Waals surface area contributed by atoms with Crippen molar-refractivity contribution in [1.29, 1.82) is 0 Å². The van der Waals surface area contributed by atoms with Gasteiger partial charge in [0.25, 0.3) is 0 Å². The van der Waals surface area contributed by atoms with Gasteiger partial charge in [-0.2, -0.15) is 0 Å². The van der Waals surface area contributed by atoms with Crippen LogP contribution in [-0.2, 0) is 26.2 Å². The van der Waals surface area contributed by atoms with Crippen molar-refractivity contribution >= 4 is 50.7 Å². The van der Waals surface area contributed by atoms with Crippen molar-refractivity contribution in [1.82, 2.24) is 10.2 Å². The fourth-order valence-electron chi connectivity index (χ4n) is 4.51. The fourth-order valence-corrected chi connectivity index (χ4v) is 5.65. The van der Waals surface area contributed by atoms with E-state index >= 15 is 0 Å². The van der Waals surface area contributed by atoms with Crippen LogP contribution in [0, 0.1) is 6.92 Å². The number of nitrogens with one attached hydrogen (secondary N) is 1. The van der Waals surface area contributed by atoms with Gasteiger partial charge in [-0.25, -0.2) is 8.42 Å². The lowest BCUT2D eigenvalue weighted by molar-refractivity contribution is -0.140. The predicted octanol–water partition coefficient (Wildman–Crippen LogP) is 4.93. The molecule has 10 heteroatoms. The monoisotopic (exact) mass is 553 g/mol. The highest BCUT2D eigenvalue weighted by molar-refractivity contribution is 7.92. The number of sulfonamides is 1. The summed E-state index contributed by atoms with van der Waals surface area (Å²) in [7, 11) is -3.84. The molecule has 36 heavy (non-hydrogen) atoms. The third kappa shape index (κ3) is 7.14. The molecule has 2 amide bonds. The Bertz CT molecular complexity index is 1200. The average molecular weight is 555 g/mol. The van der Waals surface area contributed by atoms with Crippen molar-refractivity contribution in [2.75, 3.05) is 17.1 Å². The molecule has 0 aliphatic heterocycles. The summed E-state index contributed by atoms with van der Waals surface area (Å²) in [6.07, 6.45) is 5.40. The summed E-state index contributed by atoms with van der Waals surface area (Å²) in [6, 6.07) is 11.4. The van der Waals surface area contributed by atoms with Crippen molar-refractivity contribution < 1.29 is 18.0 Å². The van der Waals surface area contributed by atoms with Crippen LogP contribution < -0.4 is 9.62 Å². The molecule has 0 heterocycles. The normalized spacial score (nSPS) is 14.9.